The first kappa shape index (κ1) is 17.3. The van der Waals surface area contributed by atoms with Gasteiger partial charge in [0.1, 0.15) is 11.3 Å². The molecule has 1 fully saturated rings. The van der Waals surface area contributed by atoms with Gasteiger partial charge < -0.3 is 9.30 Å². The van der Waals surface area contributed by atoms with Crippen molar-refractivity contribution >= 4 is 11.8 Å². The summed E-state index contributed by atoms with van der Waals surface area (Å²) in [7, 11) is 1.61. The predicted molar refractivity (Wildman–Crippen MR) is 84.6 cm³/mol. The molecular weight excluding hydrogens is 268 g/mol. The lowest BCUT2D eigenvalue weighted by atomic mass is 10.2. The van der Waals surface area contributed by atoms with Crippen molar-refractivity contribution in [2.75, 3.05) is 5.32 Å². The number of rotatable bonds is 1. The number of ether oxygens (including phenoxy) is 1. The van der Waals surface area contributed by atoms with Crippen LogP contribution in [0.4, 0.5) is 10.5 Å². The molecule has 5 nitrogen and oxygen atoms in total. The van der Waals surface area contributed by atoms with Gasteiger partial charge in [0.05, 0.1) is 0 Å². The number of nitrogens with one attached hydrogen (secondary N) is 1. The van der Waals surface area contributed by atoms with Gasteiger partial charge in [-0.3, -0.25) is 10.1 Å². The van der Waals surface area contributed by atoms with Crippen LogP contribution in [0.1, 0.15) is 52.9 Å². The van der Waals surface area contributed by atoms with E-state index in [-0.39, 0.29) is 11.2 Å². The lowest BCUT2D eigenvalue weighted by Crippen LogP contribution is -2.30. The maximum absolute atomic E-state index is 11.6. The van der Waals surface area contributed by atoms with Crippen molar-refractivity contribution in [1.29, 1.82) is 0 Å². The number of carbonyl (C=O) groups is 1. The van der Waals surface area contributed by atoms with E-state index in [9.17, 15) is 9.59 Å². The van der Waals surface area contributed by atoms with Crippen molar-refractivity contribution in [1.82, 2.24) is 4.57 Å². The van der Waals surface area contributed by atoms with E-state index in [1.807, 2.05) is 0 Å². The number of aryl methyl sites for hydroxylation is 1. The zero-order chi connectivity index (χ0) is 15.9. The number of pyridine rings is 1. The summed E-state index contributed by atoms with van der Waals surface area (Å²) in [6.07, 6.45) is 8.48. The Balaban J connectivity index is 0.000000369. The van der Waals surface area contributed by atoms with Crippen LogP contribution in [0.2, 0.25) is 0 Å². The van der Waals surface area contributed by atoms with E-state index in [2.05, 4.69) is 5.32 Å². The molecule has 0 radical (unpaired) electrons. The van der Waals surface area contributed by atoms with E-state index >= 15 is 0 Å². The molecule has 5 heteroatoms. The number of aromatic nitrogens is 1. The maximum Gasteiger partial charge on any atom is 0.412 e. The summed E-state index contributed by atoms with van der Waals surface area (Å²) in [5.41, 5.74) is -0.642. The molecule has 1 saturated carbocycles. The van der Waals surface area contributed by atoms with Crippen molar-refractivity contribution in [2.45, 2.75) is 58.5 Å². The van der Waals surface area contributed by atoms with E-state index in [1.165, 1.54) is 42.7 Å². The largest absolute Gasteiger partial charge is 0.444 e. The van der Waals surface area contributed by atoms with Crippen LogP contribution in [0.3, 0.4) is 0 Å². The van der Waals surface area contributed by atoms with Crippen molar-refractivity contribution < 1.29 is 9.53 Å². The first-order valence-electron chi connectivity index (χ1n) is 7.45. The van der Waals surface area contributed by atoms with Crippen molar-refractivity contribution in [3.05, 3.63) is 28.7 Å². The van der Waals surface area contributed by atoms with Gasteiger partial charge >= 0.3 is 6.09 Å². The number of anilines is 1. The summed E-state index contributed by atoms with van der Waals surface area (Å²) >= 11 is 0. The highest BCUT2D eigenvalue weighted by atomic mass is 16.6. The number of hydrogen-bond donors (Lipinski definition) is 1. The third-order valence-corrected chi connectivity index (χ3v) is 3.01. The SMILES string of the molecule is C1CCCC1.Cn1cccc(NC(=O)OC(C)(C)C)c1=O. The first-order valence-corrected chi connectivity index (χ1v) is 7.45. The molecule has 0 aliphatic heterocycles. The average Bonchev–Trinajstić information content (AvgIpc) is 2.91. The quantitative estimate of drug-likeness (QED) is 0.859. The van der Waals surface area contributed by atoms with Gasteiger partial charge in [-0.25, -0.2) is 4.79 Å². The highest BCUT2D eigenvalue weighted by Gasteiger charge is 2.17. The first-order chi connectivity index (χ1) is 9.79. The van der Waals surface area contributed by atoms with Crippen LogP contribution in [0.15, 0.2) is 23.1 Å². The third-order valence-electron chi connectivity index (χ3n) is 3.01. The van der Waals surface area contributed by atoms with E-state index in [4.69, 9.17) is 4.74 Å². The summed E-state index contributed by atoms with van der Waals surface area (Å²) in [4.78, 5) is 23.0. The zero-order valence-electron chi connectivity index (χ0n) is 13.4. The highest BCUT2D eigenvalue weighted by Crippen LogP contribution is 2.15. The molecule has 21 heavy (non-hydrogen) atoms. The number of hydrogen-bond acceptors (Lipinski definition) is 3. The minimum Gasteiger partial charge on any atom is -0.444 e. The predicted octanol–water partition coefficient (Wildman–Crippen LogP) is 3.68. The summed E-state index contributed by atoms with van der Waals surface area (Å²) in [5.74, 6) is 0. The van der Waals surface area contributed by atoms with Gasteiger partial charge in [-0.05, 0) is 32.9 Å². The van der Waals surface area contributed by atoms with Crippen LogP contribution in [0, 0.1) is 0 Å². The Bertz CT molecular complexity index is 503. The van der Waals surface area contributed by atoms with Crippen LogP contribution in [0.25, 0.3) is 0 Å². The summed E-state index contributed by atoms with van der Waals surface area (Å²) < 4.78 is 6.42. The van der Waals surface area contributed by atoms with Gasteiger partial charge in [0, 0.05) is 13.2 Å². The molecule has 0 bridgehead atoms. The van der Waals surface area contributed by atoms with Crippen molar-refractivity contribution in [2.24, 2.45) is 7.05 Å². The van der Waals surface area contributed by atoms with Crippen molar-refractivity contribution in [3.63, 3.8) is 0 Å². The zero-order valence-corrected chi connectivity index (χ0v) is 13.4. The monoisotopic (exact) mass is 294 g/mol. The Kier molecular flexibility index (Phi) is 6.46. The van der Waals surface area contributed by atoms with E-state index in [0.717, 1.165) is 0 Å². The molecule has 1 aliphatic rings. The molecule has 0 atom stereocenters. The average molecular weight is 294 g/mol. The number of nitrogens with zero attached hydrogens (tertiary/aromatic N) is 1. The molecule has 0 aromatic carbocycles. The Hall–Kier alpha value is -1.78. The van der Waals surface area contributed by atoms with E-state index < -0.39 is 11.7 Å². The molecule has 118 valence electrons. The number of amides is 1. The second-order valence-corrected chi connectivity index (χ2v) is 6.23. The van der Waals surface area contributed by atoms with Gasteiger partial charge in [0.2, 0.25) is 0 Å². The van der Waals surface area contributed by atoms with Gasteiger partial charge in [0.25, 0.3) is 5.56 Å². The van der Waals surface area contributed by atoms with Gasteiger partial charge in [0.15, 0.2) is 0 Å². The molecule has 1 heterocycles. The van der Waals surface area contributed by atoms with Crippen LogP contribution < -0.4 is 10.9 Å². The van der Waals surface area contributed by atoms with Crippen molar-refractivity contribution in [3.8, 4) is 0 Å². The molecule has 1 aromatic heterocycles. The molecule has 1 N–H and O–H groups in total. The smallest absolute Gasteiger partial charge is 0.412 e. The molecule has 1 aromatic rings. The second kappa shape index (κ2) is 7.86. The van der Waals surface area contributed by atoms with E-state index in [0.29, 0.717) is 0 Å². The highest BCUT2D eigenvalue weighted by molar-refractivity contribution is 5.84. The normalized spacial score (nSPS) is 14.1. The molecule has 0 spiro atoms. The lowest BCUT2D eigenvalue weighted by Gasteiger charge is -2.19. The Labute approximate surface area is 126 Å². The topological polar surface area (TPSA) is 60.3 Å². The maximum atomic E-state index is 11.6. The fraction of sp³-hybridized carbons (Fsp3) is 0.625. The molecular formula is C16H26N2O3. The fourth-order valence-corrected chi connectivity index (χ4v) is 1.99. The molecule has 0 saturated heterocycles. The molecule has 1 aliphatic carbocycles. The van der Waals surface area contributed by atoms with Gasteiger partial charge in [-0.2, -0.15) is 0 Å². The molecule has 1 amide bonds. The standard InChI is InChI=1S/C11H16N2O3.C5H10/c1-11(2,3)16-10(15)12-8-6-5-7-13(4)9(8)14;1-2-4-5-3-1/h5-7H,1-4H3,(H,12,15);1-5H2. The van der Waals surface area contributed by atoms with Crippen LogP contribution in [-0.4, -0.2) is 16.3 Å². The fourth-order valence-electron chi connectivity index (χ4n) is 1.99. The minimum atomic E-state index is -0.629. The minimum absolute atomic E-state index is 0.208. The summed E-state index contributed by atoms with van der Waals surface area (Å²) in [6.45, 7) is 5.28. The Morgan fingerprint density at radius 2 is 1.71 bits per heavy atom. The molecule has 0 unspecified atom stereocenters. The van der Waals surface area contributed by atoms with E-state index in [1.54, 1.807) is 40.1 Å². The summed E-state index contributed by atoms with van der Waals surface area (Å²) in [6, 6.07) is 3.21. The van der Waals surface area contributed by atoms with Crippen LogP contribution in [0.5, 0.6) is 0 Å². The van der Waals surface area contributed by atoms with Crippen LogP contribution >= 0.6 is 0 Å². The van der Waals surface area contributed by atoms with Gasteiger partial charge in [-0.1, -0.05) is 32.1 Å². The van der Waals surface area contributed by atoms with Crippen LogP contribution in [-0.2, 0) is 11.8 Å². The lowest BCUT2D eigenvalue weighted by molar-refractivity contribution is 0.0635. The Morgan fingerprint density at radius 1 is 1.19 bits per heavy atom. The second-order valence-electron chi connectivity index (χ2n) is 6.23. The summed E-state index contributed by atoms with van der Waals surface area (Å²) in [5, 5.41) is 2.41. The molecule has 2 rings (SSSR count). The third kappa shape index (κ3) is 6.97. The Morgan fingerprint density at radius 3 is 2.19 bits per heavy atom. The number of carbonyl (C=O) groups excluding carboxylic acids is 1. The van der Waals surface area contributed by atoms with Gasteiger partial charge in [-0.15, -0.1) is 0 Å².